The average molecular weight is 211 g/mol. The summed E-state index contributed by atoms with van der Waals surface area (Å²) in [5.41, 5.74) is 1.37. The van der Waals surface area contributed by atoms with Crippen LogP contribution < -0.4 is 5.32 Å². The predicted octanol–water partition coefficient (Wildman–Crippen LogP) is 2.11. The molecule has 4 heteroatoms. The van der Waals surface area contributed by atoms with E-state index in [-0.39, 0.29) is 11.8 Å². The van der Waals surface area contributed by atoms with Gasteiger partial charge in [-0.15, -0.1) is 0 Å². The summed E-state index contributed by atoms with van der Waals surface area (Å²) in [7, 11) is 1.32. The molecule has 0 aromatic heterocycles. The van der Waals surface area contributed by atoms with E-state index in [1.54, 1.807) is 19.9 Å². The van der Waals surface area contributed by atoms with Crippen molar-refractivity contribution in [2.24, 2.45) is 0 Å². The van der Waals surface area contributed by atoms with Crippen molar-refractivity contribution < 1.29 is 13.9 Å². The van der Waals surface area contributed by atoms with Crippen molar-refractivity contribution >= 4 is 11.7 Å². The van der Waals surface area contributed by atoms with E-state index in [0.29, 0.717) is 5.69 Å². The van der Waals surface area contributed by atoms with E-state index in [1.165, 1.54) is 19.2 Å². The zero-order valence-electron chi connectivity index (χ0n) is 9.00. The van der Waals surface area contributed by atoms with E-state index in [9.17, 15) is 9.18 Å². The minimum atomic E-state index is -0.490. The first kappa shape index (κ1) is 11.5. The Balaban J connectivity index is 2.76. The Kier molecular flexibility index (Phi) is 3.66. The first-order chi connectivity index (χ1) is 7.02. The second kappa shape index (κ2) is 4.77. The maximum Gasteiger partial charge on any atom is 0.327 e. The van der Waals surface area contributed by atoms with E-state index in [4.69, 9.17) is 0 Å². The molecule has 1 atom stereocenters. The molecule has 0 spiro atoms. The van der Waals surface area contributed by atoms with Crippen molar-refractivity contribution in [3.05, 3.63) is 29.6 Å². The largest absolute Gasteiger partial charge is 0.467 e. The Morgan fingerprint density at radius 3 is 2.67 bits per heavy atom. The summed E-state index contributed by atoms with van der Waals surface area (Å²) in [5.74, 6) is -0.702. The number of nitrogens with one attached hydrogen (secondary N) is 1. The summed E-state index contributed by atoms with van der Waals surface area (Å²) in [6.45, 7) is 3.45. The van der Waals surface area contributed by atoms with Crippen LogP contribution in [0.3, 0.4) is 0 Å². The van der Waals surface area contributed by atoms with Crippen LogP contribution in [0, 0.1) is 12.7 Å². The molecule has 15 heavy (non-hydrogen) atoms. The molecule has 1 unspecified atom stereocenters. The summed E-state index contributed by atoms with van der Waals surface area (Å²) >= 11 is 0. The fourth-order valence-electron chi connectivity index (χ4n) is 1.31. The number of methoxy groups -OCH3 is 1. The fourth-order valence-corrected chi connectivity index (χ4v) is 1.31. The average Bonchev–Trinajstić information content (AvgIpc) is 2.14. The van der Waals surface area contributed by atoms with Gasteiger partial charge in [0.25, 0.3) is 0 Å². The molecule has 1 N–H and O–H groups in total. The van der Waals surface area contributed by atoms with E-state index in [2.05, 4.69) is 10.1 Å². The van der Waals surface area contributed by atoms with Crippen LogP contribution in [-0.4, -0.2) is 19.1 Å². The van der Waals surface area contributed by atoms with E-state index in [0.717, 1.165) is 5.56 Å². The van der Waals surface area contributed by atoms with Gasteiger partial charge in [-0.2, -0.15) is 0 Å². The van der Waals surface area contributed by atoms with E-state index >= 15 is 0 Å². The monoisotopic (exact) mass is 211 g/mol. The van der Waals surface area contributed by atoms with Crippen LogP contribution in [-0.2, 0) is 9.53 Å². The minimum absolute atomic E-state index is 0.324. The van der Waals surface area contributed by atoms with Gasteiger partial charge in [-0.05, 0) is 37.6 Å². The molecule has 0 saturated heterocycles. The number of rotatable bonds is 3. The Labute approximate surface area is 88.2 Å². The van der Waals surface area contributed by atoms with Crippen LogP contribution in [0.2, 0.25) is 0 Å². The smallest absolute Gasteiger partial charge is 0.327 e. The molecule has 0 aliphatic carbocycles. The molecule has 0 aliphatic heterocycles. The summed E-state index contributed by atoms with van der Waals surface area (Å²) in [4.78, 5) is 11.1. The molecular weight excluding hydrogens is 197 g/mol. The lowest BCUT2D eigenvalue weighted by Gasteiger charge is -2.13. The Morgan fingerprint density at radius 1 is 1.47 bits per heavy atom. The number of benzene rings is 1. The van der Waals surface area contributed by atoms with Gasteiger partial charge in [0, 0.05) is 5.69 Å². The number of hydrogen-bond donors (Lipinski definition) is 1. The SMILES string of the molecule is COC(=O)C(C)Nc1cc(C)cc(F)c1. The van der Waals surface area contributed by atoms with E-state index in [1.807, 2.05) is 0 Å². The zero-order chi connectivity index (χ0) is 11.4. The first-order valence-electron chi connectivity index (χ1n) is 4.64. The number of hydrogen-bond acceptors (Lipinski definition) is 3. The quantitative estimate of drug-likeness (QED) is 0.778. The van der Waals surface area contributed by atoms with Gasteiger partial charge in [0.2, 0.25) is 0 Å². The maximum absolute atomic E-state index is 13.0. The van der Waals surface area contributed by atoms with Crippen LogP contribution in [0.5, 0.6) is 0 Å². The van der Waals surface area contributed by atoms with Gasteiger partial charge in [0.1, 0.15) is 11.9 Å². The molecule has 82 valence electrons. The van der Waals surface area contributed by atoms with Gasteiger partial charge in [-0.3, -0.25) is 0 Å². The minimum Gasteiger partial charge on any atom is -0.467 e. The van der Waals surface area contributed by atoms with Gasteiger partial charge in [0.05, 0.1) is 7.11 Å². The number of esters is 1. The lowest BCUT2D eigenvalue weighted by Crippen LogP contribution is -2.27. The number of aryl methyl sites for hydroxylation is 1. The molecule has 0 heterocycles. The third-order valence-electron chi connectivity index (χ3n) is 1.98. The van der Waals surface area contributed by atoms with Crippen molar-refractivity contribution in [3.63, 3.8) is 0 Å². The molecule has 0 radical (unpaired) electrons. The Hall–Kier alpha value is -1.58. The second-order valence-electron chi connectivity index (χ2n) is 3.41. The Bertz CT molecular complexity index is 345. The van der Waals surface area contributed by atoms with Crippen molar-refractivity contribution in [1.29, 1.82) is 0 Å². The summed E-state index contributed by atoms with van der Waals surface area (Å²) in [6.07, 6.45) is 0. The van der Waals surface area contributed by atoms with Crippen molar-refractivity contribution in [2.45, 2.75) is 19.9 Å². The van der Waals surface area contributed by atoms with Crippen molar-refractivity contribution in [1.82, 2.24) is 0 Å². The molecule has 0 amide bonds. The molecule has 0 saturated carbocycles. The van der Waals surface area contributed by atoms with Gasteiger partial charge in [0.15, 0.2) is 0 Å². The van der Waals surface area contributed by atoms with Gasteiger partial charge in [-0.25, -0.2) is 9.18 Å². The highest BCUT2D eigenvalue weighted by atomic mass is 19.1. The van der Waals surface area contributed by atoms with Crippen LogP contribution in [0.15, 0.2) is 18.2 Å². The van der Waals surface area contributed by atoms with Crippen molar-refractivity contribution in [2.75, 3.05) is 12.4 Å². The highest BCUT2D eigenvalue weighted by molar-refractivity contribution is 5.78. The molecule has 0 fully saturated rings. The summed E-state index contributed by atoms with van der Waals surface area (Å²) in [5, 5.41) is 2.86. The molecule has 1 aromatic rings. The van der Waals surface area contributed by atoms with E-state index < -0.39 is 6.04 Å². The lowest BCUT2D eigenvalue weighted by molar-refractivity contribution is -0.141. The third-order valence-corrected chi connectivity index (χ3v) is 1.98. The molecule has 1 rings (SSSR count). The van der Waals surface area contributed by atoms with Gasteiger partial charge < -0.3 is 10.1 Å². The third kappa shape index (κ3) is 3.23. The fraction of sp³-hybridized carbons (Fsp3) is 0.364. The topological polar surface area (TPSA) is 38.3 Å². The first-order valence-corrected chi connectivity index (χ1v) is 4.64. The van der Waals surface area contributed by atoms with Gasteiger partial charge in [-0.1, -0.05) is 0 Å². The van der Waals surface area contributed by atoms with Gasteiger partial charge >= 0.3 is 5.97 Å². The molecule has 0 aliphatic rings. The maximum atomic E-state index is 13.0. The standard InChI is InChI=1S/C11H14FNO2/c1-7-4-9(12)6-10(5-7)13-8(2)11(14)15-3/h4-6,8,13H,1-3H3. The summed E-state index contributed by atoms with van der Waals surface area (Å²) < 4.78 is 17.6. The highest BCUT2D eigenvalue weighted by Crippen LogP contribution is 2.14. The number of ether oxygens (including phenoxy) is 1. The normalized spacial score (nSPS) is 12.0. The van der Waals surface area contributed by atoms with Crippen LogP contribution in [0.25, 0.3) is 0 Å². The van der Waals surface area contributed by atoms with Crippen molar-refractivity contribution in [3.8, 4) is 0 Å². The van der Waals surface area contributed by atoms with Crippen LogP contribution in [0.4, 0.5) is 10.1 Å². The van der Waals surface area contributed by atoms with Crippen LogP contribution in [0.1, 0.15) is 12.5 Å². The lowest BCUT2D eigenvalue weighted by atomic mass is 10.2. The number of carbonyl (C=O) groups is 1. The summed E-state index contributed by atoms with van der Waals surface area (Å²) in [6, 6.07) is 4.04. The number of carbonyl (C=O) groups excluding carboxylic acids is 1. The zero-order valence-corrected chi connectivity index (χ0v) is 9.00. The Morgan fingerprint density at radius 2 is 2.13 bits per heavy atom. The molecule has 0 bridgehead atoms. The second-order valence-corrected chi connectivity index (χ2v) is 3.41. The van der Waals surface area contributed by atoms with Crippen LogP contribution >= 0.6 is 0 Å². The molecule has 3 nitrogen and oxygen atoms in total. The highest BCUT2D eigenvalue weighted by Gasteiger charge is 2.12. The predicted molar refractivity (Wildman–Crippen MR) is 56.2 cm³/mol. The number of anilines is 1. The molecular formula is C11H14FNO2. The molecule has 1 aromatic carbocycles. The number of halogens is 1.